The number of carbonyl (C=O) groups excluding carboxylic acids is 1. The molecule has 8 nitrogen and oxygen atoms in total. The Morgan fingerprint density at radius 1 is 1.35 bits per heavy atom. The van der Waals surface area contributed by atoms with Crippen LogP contribution in [0.2, 0.25) is 0 Å². The molecule has 0 aliphatic heterocycles. The smallest absolute Gasteiger partial charge is 0.420 e. The predicted molar refractivity (Wildman–Crippen MR) is 71.9 cm³/mol. The second-order valence-electron chi connectivity index (χ2n) is 3.25. The highest BCUT2D eigenvalue weighted by molar-refractivity contribution is 7.90. The molecule has 0 aromatic heterocycles. The van der Waals surface area contributed by atoms with Gasteiger partial charge >= 0.3 is 6.09 Å². The minimum atomic E-state index is -4.19. The molecule has 1 rings (SSSR count). The third kappa shape index (κ3) is 4.19. The van der Waals surface area contributed by atoms with E-state index in [1.165, 1.54) is 19.1 Å². The lowest BCUT2D eigenvalue weighted by Gasteiger charge is -2.08. The van der Waals surface area contributed by atoms with E-state index in [4.69, 9.17) is 0 Å². The Morgan fingerprint density at radius 2 is 1.90 bits per heavy atom. The third-order valence-corrected chi connectivity index (χ3v) is 3.60. The molecule has 0 aliphatic rings. The maximum absolute atomic E-state index is 11.8. The van der Waals surface area contributed by atoms with Gasteiger partial charge in [-0.3, -0.25) is 10.1 Å². The molecule has 0 spiro atoms. The Balaban J connectivity index is 0.00000172. The van der Waals surface area contributed by atoms with Crippen LogP contribution in [0.15, 0.2) is 23.1 Å². The van der Waals surface area contributed by atoms with Gasteiger partial charge in [0, 0.05) is 11.6 Å². The number of carbonyl (C=O) groups is 1. The summed E-state index contributed by atoms with van der Waals surface area (Å²) in [7, 11) is -3.18. The zero-order valence-electron chi connectivity index (χ0n) is 11.5. The van der Waals surface area contributed by atoms with Crippen LogP contribution >= 0.6 is 0 Å². The number of sulfonamides is 1. The van der Waals surface area contributed by atoms with Crippen molar-refractivity contribution < 1.29 is 22.9 Å². The number of amides is 1. The molecule has 112 valence electrons. The molecule has 0 heterocycles. The molecular formula is C11H16N2O6S. The van der Waals surface area contributed by atoms with E-state index in [1.54, 1.807) is 4.72 Å². The van der Waals surface area contributed by atoms with Gasteiger partial charge in [-0.1, -0.05) is 19.9 Å². The Hall–Kier alpha value is -2.16. The number of nitrogens with zero attached hydrogens (tertiary/aromatic N) is 1. The van der Waals surface area contributed by atoms with Crippen LogP contribution in [0.4, 0.5) is 10.5 Å². The van der Waals surface area contributed by atoms with Crippen molar-refractivity contribution in [3.05, 3.63) is 33.9 Å². The zero-order chi connectivity index (χ0) is 15.9. The van der Waals surface area contributed by atoms with Crippen LogP contribution in [0.25, 0.3) is 0 Å². The summed E-state index contributed by atoms with van der Waals surface area (Å²) in [5.41, 5.74) is -0.401. The van der Waals surface area contributed by atoms with Gasteiger partial charge in [-0.15, -0.1) is 0 Å². The summed E-state index contributed by atoms with van der Waals surface area (Å²) in [5, 5.41) is 10.7. The maximum Gasteiger partial charge on any atom is 0.420 e. The highest BCUT2D eigenvalue weighted by Gasteiger charge is 2.24. The largest absolute Gasteiger partial charge is 0.452 e. The Labute approximate surface area is 117 Å². The van der Waals surface area contributed by atoms with Gasteiger partial charge in [0.25, 0.3) is 15.7 Å². The van der Waals surface area contributed by atoms with Crippen LogP contribution in [0, 0.1) is 17.0 Å². The van der Waals surface area contributed by atoms with E-state index in [2.05, 4.69) is 4.74 Å². The number of nitro benzene ring substituents is 1. The van der Waals surface area contributed by atoms with Crippen molar-refractivity contribution in [3.63, 3.8) is 0 Å². The number of methoxy groups -OCH3 is 1. The number of hydrogen-bond donors (Lipinski definition) is 1. The van der Waals surface area contributed by atoms with Crippen LogP contribution in [-0.2, 0) is 14.8 Å². The number of benzene rings is 1. The number of ether oxygens (including phenoxy) is 1. The summed E-state index contributed by atoms with van der Waals surface area (Å²) in [6.07, 6.45) is -1.17. The van der Waals surface area contributed by atoms with E-state index < -0.39 is 21.0 Å². The van der Waals surface area contributed by atoms with Crippen LogP contribution < -0.4 is 4.72 Å². The Morgan fingerprint density at radius 3 is 2.35 bits per heavy atom. The lowest BCUT2D eigenvalue weighted by molar-refractivity contribution is -0.385. The van der Waals surface area contributed by atoms with Gasteiger partial charge in [0.05, 0.1) is 16.9 Å². The molecule has 1 amide bonds. The summed E-state index contributed by atoms with van der Waals surface area (Å²) in [4.78, 5) is 20.5. The van der Waals surface area contributed by atoms with Gasteiger partial charge in [-0.25, -0.2) is 17.9 Å². The standard InChI is InChI=1S/C9H10N2O6S.C2H6/c1-6-7(11(13)14)4-3-5-8(6)18(15,16)10-9(12)17-2;1-2/h3-5H,1-2H3,(H,10,12);1-2H3. The van der Waals surface area contributed by atoms with Crippen molar-refractivity contribution in [2.45, 2.75) is 25.7 Å². The van der Waals surface area contributed by atoms with Crippen LogP contribution in [0.5, 0.6) is 0 Å². The van der Waals surface area contributed by atoms with E-state index in [1.807, 2.05) is 13.8 Å². The van der Waals surface area contributed by atoms with Gasteiger partial charge in [0.2, 0.25) is 0 Å². The average molecular weight is 304 g/mol. The second kappa shape index (κ2) is 7.43. The van der Waals surface area contributed by atoms with Crippen molar-refractivity contribution in [3.8, 4) is 0 Å². The van der Waals surface area contributed by atoms with E-state index in [9.17, 15) is 23.3 Å². The molecule has 0 atom stereocenters. The zero-order valence-corrected chi connectivity index (χ0v) is 12.4. The number of nitrogens with one attached hydrogen (secondary N) is 1. The third-order valence-electron chi connectivity index (χ3n) is 2.14. The quantitative estimate of drug-likeness (QED) is 0.674. The molecular weight excluding hydrogens is 288 g/mol. The van der Waals surface area contributed by atoms with Crippen molar-refractivity contribution in [2.24, 2.45) is 0 Å². The van der Waals surface area contributed by atoms with E-state index in [0.717, 1.165) is 13.2 Å². The molecule has 0 aliphatic carbocycles. The fourth-order valence-corrected chi connectivity index (χ4v) is 2.48. The minimum Gasteiger partial charge on any atom is -0.452 e. The summed E-state index contributed by atoms with van der Waals surface area (Å²) in [5.74, 6) is 0. The lowest BCUT2D eigenvalue weighted by atomic mass is 10.2. The molecule has 0 saturated heterocycles. The first kappa shape index (κ1) is 17.8. The van der Waals surface area contributed by atoms with E-state index in [0.29, 0.717) is 0 Å². The second-order valence-corrected chi connectivity index (χ2v) is 4.91. The SMILES string of the molecule is CC.COC(=O)NS(=O)(=O)c1cccc([N+](=O)[O-])c1C. The van der Waals surface area contributed by atoms with Gasteiger partial charge < -0.3 is 4.74 Å². The predicted octanol–water partition coefficient (Wildman–Crippen LogP) is 1.97. The van der Waals surface area contributed by atoms with Crippen molar-refractivity contribution >= 4 is 21.8 Å². The summed E-state index contributed by atoms with van der Waals surface area (Å²) in [6, 6.07) is 3.55. The molecule has 20 heavy (non-hydrogen) atoms. The normalized spacial score (nSPS) is 10.0. The Kier molecular flexibility index (Phi) is 6.63. The maximum atomic E-state index is 11.8. The van der Waals surface area contributed by atoms with Crippen molar-refractivity contribution in [2.75, 3.05) is 7.11 Å². The summed E-state index contributed by atoms with van der Waals surface area (Å²) in [6.45, 7) is 5.28. The molecule has 0 radical (unpaired) electrons. The van der Waals surface area contributed by atoms with Crippen LogP contribution in [-0.4, -0.2) is 26.5 Å². The summed E-state index contributed by atoms with van der Waals surface area (Å²) < 4.78 is 29.3. The lowest BCUT2D eigenvalue weighted by Crippen LogP contribution is -2.30. The molecule has 0 bridgehead atoms. The van der Waals surface area contributed by atoms with Crippen molar-refractivity contribution in [1.82, 2.24) is 4.72 Å². The highest BCUT2D eigenvalue weighted by atomic mass is 32.2. The number of hydrogen-bond acceptors (Lipinski definition) is 6. The molecule has 1 N–H and O–H groups in total. The first-order valence-electron chi connectivity index (χ1n) is 5.64. The van der Waals surface area contributed by atoms with E-state index in [-0.39, 0.29) is 16.1 Å². The molecule has 9 heteroatoms. The Bertz CT molecular complexity index is 597. The fourth-order valence-electron chi connectivity index (χ4n) is 1.30. The monoisotopic (exact) mass is 304 g/mol. The highest BCUT2D eigenvalue weighted by Crippen LogP contribution is 2.24. The van der Waals surface area contributed by atoms with Crippen molar-refractivity contribution in [1.29, 1.82) is 0 Å². The first-order valence-corrected chi connectivity index (χ1v) is 7.12. The molecule has 1 aromatic carbocycles. The van der Waals surface area contributed by atoms with E-state index >= 15 is 0 Å². The van der Waals surface area contributed by atoms with Crippen LogP contribution in [0.3, 0.4) is 0 Å². The topological polar surface area (TPSA) is 116 Å². The minimum absolute atomic E-state index is 0.0566. The van der Waals surface area contributed by atoms with Gasteiger partial charge in [-0.2, -0.15) is 0 Å². The number of nitro groups is 1. The van der Waals surface area contributed by atoms with Gasteiger partial charge in [0.1, 0.15) is 0 Å². The number of rotatable bonds is 3. The molecule has 0 saturated carbocycles. The molecule has 0 fully saturated rings. The van der Waals surface area contributed by atoms with Gasteiger partial charge in [0.15, 0.2) is 0 Å². The fraction of sp³-hybridized carbons (Fsp3) is 0.364. The molecule has 0 unspecified atom stereocenters. The molecule has 1 aromatic rings. The summed E-state index contributed by atoms with van der Waals surface area (Å²) >= 11 is 0. The average Bonchev–Trinajstić information content (AvgIpc) is 2.40. The first-order chi connectivity index (χ1) is 9.29. The van der Waals surface area contributed by atoms with Gasteiger partial charge in [-0.05, 0) is 13.0 Å². The van der Waals surface area contributed by atoms with Crippen LogP contribution in [0.1, 0.15) is 19.4 Å².